The van der Waals surface area contributed by atoms with Gasteiger partial charge in [-0.25, -0.2) is 4.79 Å². The smallest absolute Gasteiger partial charge is 0.408 e. The van der Waals surface area contributed by atoms with E-state index in [-0.39, 0.29) is 12.1 Å². The van der Waals surface area contributed by atoms with Gasteiger partial charge in [0.1, 0.15) is 0 Å². The summed E-state index contributed by atoms with van der Waals surface area (Å²) in [6.07, 6.45) is 3.86. The van der Waals surface area contributed by atoms with Crippen molar-refractivity contribution >= 4 is 34.1 Å². The van der Waals surface area contributed by atoms with Gasteiger partial charge in [0.05, 0.1) is 5.69 Å². The molecule has 0 spiro atoms. The molecule has 2 aromatic rings. The third kappa shape index (κ3) is 4.70. The summed E-state index contributed by atoms with van der Waals surface area (Å²) in [5.41, 5.74) is 1.56. The molecule has 1 unspecified atom stereocenters. The highest BCUT2D eigenvalue weighted by atomic mass is 79.9. The Bertz CT molecular complexity index is 820. The Morgan fingerprint density at radius 2 is 1.96 bits per heavy atom. The normalized spacial score (nSPS) is 15.8. The molecule has 7 heteroatoms. The van der Waals surface area contributed by atoms with Crippen LogP contribution in [0.25, 0.3) is 0 Å². The topological polar surface area (TPSA) is 62.7 Å². The molecule has 0 aliphatic carbocycles. The predicted molar refractivity (Wildman–Crippen MR) is 111 cm³/mol. The summed E-state index contributed by atoms with van der Waals surface area (Å²) in [6.45, 7) is 5.10. The minimum atomic E-state index is -0.345. The number of aryl methyl sites for hydroxylation is 1. The summed E-state index contributed by atoms with van der Waals surface area (Å²) in [6, 6.07) is 11.3. The van der Waals surface area contributed by atoms with Crippen LogP contribution in [0, 0.1) is 12.8 Å². The third-order valence-electron chi connectivity index (χ3n) is 5.31. The van der Waals surface area contributed by atoms with E-state index in [1.807, 2.05) is 31.2 Å². The van der Waals surface area contributed by atoms with Crippen LogP contribution in [0.1, 0.15) is 25.5 Å². The average Bonchev–Trinajstić information content (AvgIpc) is 2.71. The van der Waals surface area contributed by atoms with Crippen molar-refractivity contribution in [1.29, 1.82) is 0 Å². The van der Waals surface area contributed by atoms with E-state index in [2.05, 4.69) is 27.8 Å². The first-order chi connectivity index (χ1) is 13.5. The van der Waals surface area contributed by atoms with E-state index in [9.17, 15) is 9.59 Å². The Morgan fingerprint density at radius 1 is 1.29 bits per heavy atom. The first kappa shape index (κ1) is 20.3. The molecule has 148 valence electrons. The maximum absolute atomic E-state index is 12.4. The van der Waals surface area contributed by atoms with Crippen LogP contribution in [-0.2, 0) is 4.79 Å². The minimum absolute atomic E-state index is 0.0532. The number of amides is 2. The standard InChI is InChI=1S/C21H24BrN3O3/c1-15-20(4-3-11-23-15)28-21(27)24-12-9-17(10-13-24)16(2)25(14-26)19-7-5-18(22)6-8-19/h3-8,11,14,16-17H,9-10,12-13H2,1-2H3. The van der Waals surface area contributed by atoms with Gasteiger partial charge in [0.25, 0.3) is 0 Å². The highest BCUT2D eigenvalue weighted by molar-refractivity contribution is 9.10. The highest BCUT2D eigenvalue weighted by Gasteiger charge is 2.30. The number of rotatable bonds is 5. The van der Waals surface area contributed by atoms with E-state index in [1.165, 1.54) is 0 Å². The molecule has 0 bridgehead atoms. The van der Waals surface area contributed by atoms with Crippen molar-refractivity contribution in [3.63, 3.8) is 0 Å². The quantitative estimate of drug-likeness (QED) is 0.639. The maximum atomic E-state index is 12.4. The lowest BCUT2D eigenvalue weighted by Crippen LogP contribution is -2.46. The number of carbonyl (C=O) groups is 2. The number of ether oxygens (including phenoxy) is 1. The second-order valence-corrected chi connectivity index (χ2v) is 7.92. The van der Waals surface area contributed by atoms with Crippen LogP contribution in [0.15, 0.2) is 47.1 Å². The van der Waals surface area contributed by atoms with Crippen LogP contribution in [-0.4, -0.2) is 41.5 Å². The van der Waals surface area contributed by atoms with Crippen molar-refractivity contribution in [3.05, 3.63) is 52.8 Å². The molecule has 28 heavy (non-hydrogen) atoms. The van der Waals surface area contributed by atoms with Crippen molar-refractivity contribution in [2.24, 2.45) is 5.92 Å². The van der Waals surface area contributed by atoms with Crippen molar-refractivity contribution in [2.45, 2.75) is 32.7 Å². The zero-order chi connectivity index (χ0) is 20.1. The number of hydrogen-bond donors (Lipinski definition) is 0. The number of hydrogen-bond acceptors (Lipinski definition) is 4. The summed E-state index contributed by atoms with van der Waals surface area (Å²) < 4.78 is 6.46. The Kier molecular flexibility index (Phi) is 6.67. The Labute approximate surface area is 173 Å². The molecule has 1 aromatic carbocycles. The Hall–Kier alpha value is -2.41. The number of likely N-dealkylation sites (tertiary alicyclic amines) is 1. The van der Waals surface area contributed by atoms with E-state index >= 15 is 0 Å². The molecular formula is C21H24BrN3O3. The van der Waals surface area contributed by atoms with Gasteiger partial charge in [-0.05, 0) is 69.0 Å². The number of nitrogens with zero attached hydrogens (tertiary/aromatic N) is 3. The Morgan fingerprint density at radius 3 is 2.57 bits per heavy atom. The molecule has 3 rings (SSSR count). The van der Waals surface area contributed by atoms with E-state index in [1.54, 1.807) is 28.1 Å². The van der Waals surface area contributed by atoms with Gasteiger partial charge < -0.3 is 14.5 Å². The minimum Gasteiger partial charge on any atom is -0.408 e. The molecule has 0 saturated carbocycles. The number of carbonyl (C=O) groups excluding carboxylic acids is 2. The van der Waals surface area contributed by atoms with Crippen molar-refractivity contribution in [2.75, 3.05) is 18.0 Å². The van der Waals surface area contributed by atoms with Crippen LogP contribution in [0.5, 0.6) is 5.75 Å². The SMILES string of the molecule is Cc1ncccc1OC(=O)N1CCC(C(C)N(C=O)c2ccc(Br)cc2)CC1. The molecule has 1 fully saturated rings. The molecule has 1 atom stereocenters. The van der Waals surface area contributed by atoms with Crippen LogP contribution in [0.2, 0.25) is 0 Å². The second-order valence-electron chi connectivity index (χ2n) is 7.01. The fourth-order valence-corrected chi connectivity index (χ4v) is 3.80. The zero-order valence-corrected chi connectivity index (χ0v) is 17.6. The summed E-state index contributed by atoms with van der Waals surface area (Å²) in [7, 11) is 0. The van der Waals surface area contributed by atoms with Gasteiger partial charge >= 0.3 is 6.09 Å². The van der Waals surface area contributed by atoms with E-state index in [0.717, 1.165) is 29.4 Å². The molecule has 0 N–H and O–H groups in total. The van der Waals surface area contributed by atoms with E-state index < -0.39 is 0 Å². The van der Waals surface area contributed by atoms with Crippen molar-refractivity contribution < 1.29 is 14.3 Å². The number of aromatic nitrogens is 1. The molecule has 6 nitrogen and oxygen atoms in total. The van der Waals surface area contributed by atoms with Gasteiger partial charge in [0.2, 0.25) is 6.41 Å². The fraction of sp³-hybridized carbons (Fsp3) is 0.381. The summed E-state index contributed by atoms with van der Waals surface area (Å²) in [4.78, 5) is 31.8. The first-order valence-electron chi connectivity index (χ1n) is 9.37. The van der Waals surface area contributed by atoms with Gasteiger partial charge in [-0.15, -0.1) is 0 Å². The predicted octanol–water partition coefficient (Wildman–Crippen LogP) is 4.41. The number of piperidine rings is 1. The third-order valence-corrected chi connectivity index (χ3v) is 5.84. The molecule has 2 amide bonds. The number of benzene rings is 1. The van der Waals surface area contributed by atoms with Crippen LogP contribution >= 0.6 is 15.9 Å². The number of pyridine rings is 1. The fourth-order valence-electron chi connectivity index (χ4n) is 3.53. The van der Waals surface area contributed by atoms with E-state index in [4.69, 9.17) is 4.74 Å². The Balaban J connectivity index is 1.58. The monoisotopic (exact) mass is 445 g/mol. The van der Waals surface area contributed by atoms with Crippen molar-refractivity contribution in [3.8, 4) is 5.75 Å². The molecule has 1 aromatic heterocycles. The highest BCUT2D eigenvalue weighted by Crippen LogP contribution is 2.28. The molecule has 2 heterocycles. The lowest BCUT2D eigenvalue weighted by atomic mass is 9.89. The van der Waals surface area contributed by atoms with Crippen LogP contribution < -0.4 is 9.64 Å². The lowest BCUT2D eigenvalue weighted by molar-refractivity contribution is -0.108. The maximum Gasteiger partial charge on any atom is 0.415 e. The van der Waals surface area contributed by atoms with Gasteiger partial charge in [-0.3, -0.25) is 9.78 Å². The summed E-state index contributed by atoms with van der Waals surface area (Å²) >= 11 is 3.42. The molecule has 1 aliphatic rings. The summed E-state index contributed by atoms with van der Waals surface area (Å²) in [5.74, 6) is 0.809. The van der Waals surface area contributed by atoms with Gasteiger partial charge in [-0.1, -0.05) is 15.9 Å². The lowest BCUT2D eigenvalue weighted by Gasteiger charge is -2.37. The first-order valence-corrected chi connectivity index (χ1v) is 10.2. The van der Waals surface area contributed by atoms with Gasteiger partial charge in [-0.2, -0.15) is 0 Å². The molecule has 1 aliphatic heterocycles. The van der Waals surface area contributed by atoms with E-state index in [0.29, 0.717) is 30.5 Å². The largest absolute Gasteiger partial charge is 0.415 e. The molecule has 1 saturated heterocycles. The summed E-state index contributed by atoms with van der Waals surface area (Å²) in [5, 5.41) is 0. The zero-order valence-electron chi connectivity index (χ0n) is 16.0. The van der Waals surface area contributed by atoms with Crippen LogP contribution in [0.4, 0.5) is 10.5 Å². The number of halogens is 1. The number of anilines is 1. The van der Waals surface area contributed by atoms with Crippen LogP contribution in [0.3, 0.4) is 0 Å². The molecule has 0 radical (unpaired) electrons. The molecular weight excluding hydrogens is 422 g/mol. The second kappa shape index (κ2) is 9.19. The average molecular weight is 446 g/mol. The van der Waals surface area contributed by atoms with Gasteiger partial charge in [0.15, 0.2) is 5.75 Å². The van der Waals surface area contributed by atoms with Gasteiger partial charge in [0, 0.05) is 35.5 Å². The van der Waals surface area contributed by atoms with Crippen molar-refractivity contribution in [1.82, 2.24) is 9.88 Å².